The molecule has 0 aromatic heterocycles. The lowest BCUT2D eigenvalue weighted by Gasteiger charge is -2.19. The van der Waals surface area contributed by atoms with Gasteiger partial charge in [-0.15, -0.1) is 0 Å². The Labute approximate surface area is 122 Å². The van der Waals surface area contributed by atoms with Gasteiger partial charge in [0, 0.05) is 0 Å². The average Bonchev–Trinajstić information content (AvgIpc) is 2.37. The fourth-order valence-electron chi connectivity index (χ4n) is 2.71. The fourth-order valence-corrected chi connectivity index (χ4v) is 2.71. The van der Waals surface area contributed by atoms with Crippen molar-refractivity contribution in [2.24, 2.45) is 0 Å². The van der Waals surface area contributed by atoms with Crippen LogP contribution in [-0.4, -0.2) is 11.2 Å². The maximum atomic E-state index is 10.6. The highest BCUT2D eigenvalue weighted by molar-refractivity contribution is 5.34. The van der Waals surface area contributed by atoms with Crippen LogP contribution in [0.15, 0.2) is 35.9 Å². The van der Waals surface area contributed by atoms with Crippen molar-refractivity contribution in [3.05, 3.63) is 41.5 Å². The van der Waals surface area contributed by atoms with Crippen LogP contribution in [-0.2, 0) is 0 Å². The number of ether oxygens (including phenoxy) is 1. The van der Waals surface area contributed by atoms with Crippen molar-refractivity contribution in [1.29, 1.82) is 0 Å². The highest BCUT2D eigenvalue weighted by Crippen LogP contribution is 2.30. The molecule has 0 fully saturated rings. The van der Waals surface area contributed by atoms with Crippen molar-refractivity contribution in [3.8, 4) is 5.75 Å². The van der Waals surface area contributed by atoms with Crippen molar-refractivity contribution >= 4 is 0 Å². The number of aliphatic hydroxyl groups excluding tert-OH is 1. The Bertz CT molecular complexity index is 448. The molecular formula is C18H26O2. The van der Waals surface area contributed by atoms with E-state index in [4.69, 9.17) is 4.74 Å². The van der Waals surface area contributed by atoms with Gasteiger partial charge in [-0.05, 0) is 62.8 Å². The quantitative estimate of drug-likeness (QED) is 0.800. The van der Waals surface area contributed by atoms with E-state index in [1.165, 1.54) is 31.3 Å². The van der Waals surface area contributed by atoms with Crippen LogP contribution in [0.25, 0.3) is 0 Å². The van der Waals surface area contributed by atoms with Crippen LogP contribution in [0.3, 0.4) is 0 Å². The predicted molar refractivity (Wildman–Crippen MR) is 83.0 cm³/mol. The van der Waals surface area contributed by atoms with Crippen LogP contribution in [0.5, 0.6) is 5.75 Å². The SMILES string of the molecule is CC(C)Oc1cccc(C(O)/C2=C/CCCCCC2)c1. The number of allylic oxidation sites excluding steroid dienone is 1. The number of hydrogen-bond donors (Lipinski definition) is 1. The van der Waals surface area contributed by atoms with Crippen molar-refractivity contribution in [2.75, 3.05) is 0 Å². The monoisotopic (exact) mass is 274 g/mol. The van der Waals surface area contributed by atoms with Crippen LogP contribution in [0, 0.1) is 0 Å². The van der Waals surface area contributed by atoms with E-state index < -0.39 is 6.10 Å². The van der Waals surface area contributed by atoms with Gasteiger partial charge in [0.15, 0.2) is 0 Å². The molecule has 1 aliphatic carbocycles. The van der Waals surface area contributed by atoms with E-state index >= 15 is 0 Å². The molecule has 20 heavy (non-hydrogen) atoms. The summed E-state index contributed by atoms with van der Waals surface area (Å²) in [7, 11) is 0. The van der Waals surface area contributed by atoms with Gasteiger partial charge in [-0.1, -0.05) is 31.1 Å². The number of aliphatic hydroxyl groups is 1. The third-order valence-electron chi connectivity index (χ3n) is 3.72. The topological polar surface area (TPSA) is 29.5 Å². The van der Waals surface area contributed by atoms with E-state index in [1.54, 1.807) is 0 Å². The molecule has 0 saturated carbocycles. The first kappa shape index (κ1) is 15.1. The van der Waals surface area contributed by atoms with Crippen LogP contribution < -0.4 is 4.74 Å². The molecule has 0 radical (unpaired) electrons. The first-order chi connectivity index (χ1) is 9.66. The zero-order valence-electron chi connectivity index (χ0n) is 12.6. The van der Waals surface area contributed by atoms with E-state index in [1.807, 2.05) is 38.1 Å². The summed E-state index contributed by atoms with van der Waals surface area (Å²) >= 11 is 0. The maximum absolute atomic E-state index is 10.6. The largest absolute Gasteiger partial charge is 0.491 e. The molecule has 1 aliphatic rings. The van der Waals surface area contributed by atoms with Gasteiger partial charge in [-0.25, -0.2) is 0 Å². The normalized spacial score (nSPS) is 20.7. The standard InChI is InChI=1S/C18H26O2/c1-14(2)20-17-12-8-11-16(13-17)18(19)15-9-6-4-3-5-7-10-15/h8-9,11-14,18-19H,3-7,10H2,1-2H3/b15-9+. The van der Waals surface area contributed by atoms with Crippen molar-refractivity contribution in [1.82, 2.24) is 0 Å². The van der Waals surface area contributed by atoms with Crippen LogP contribution in [0.1, 0.15) is 64.0 Å². The third-order valence-corrected chi connectivity index (χ3v) is 3.72. The van der Waals surface area contributed by atoms with Gasteiger partial charge in [-0.2, -0.15) is 0 Å². The maximum Gasteiger partial charge on any atom is 0.120 e. The zero-order valence-corrected chi connectivity index (χ0v) is 12.6. The van der Waals surface area contributed by atoms with Gasteiger partial charge >= 0.3 is 0 Å². The minimum absolute atomic E-state index is 0.156. The molecule has 110 valence electrons. The molecule has 0 bridgehead atoms. The zero-order chi connectivity index (χ0) is 14.4. The number of hydrogen-bond acceptors (Lipinski definition) is 2. The Morgan fingerprint density at radius 1 is 1.10 bits per heavy atom. The Balaban J connectivity index is 2.12. The molecule has 0 saturated heterocycles. The van der Waals surface area contributed by atoms with Crippen LogP contribution >= 0.6 is 0 Å². The van der Waals surface area contributed by atoms with E-state index in [9.17, 15) is 5.11 Å². The van der Waals surface area contributed by atoms with Gasteiger partial charge in [0.2, 0.25) is 0 Å². The first-order valence-electron chi connectivity index (χ1n) is 7.80. The van der Waals surface area contributed by atoms with E-state index in [0.717, 1.165) is 24.2 Å². The van der Waals surface area contributed by atoms with Crippen molar-refractivity contribution in [3.63, 3.8) is 0 Å². The minimum Gasteiger partial charge on any atom is -0.491 e. The summed E-state index contributed by atoms with van der Waals surface area (Å²) < 4.78 is 5.71. The molecule has 1 aromatic carbocycles. The van der Waals surface area contributed by atoms with Gasteiger partial charge in [0.05, 0.1) is 6.10 Å². The number of rotatable bonds is 4. The highest BCUT2D eigenvalue weighted by atomic mass is 16.5. The van der Waals surface area contributed by atoms with Crippen molar-refractivity contribution in [2.45, 2.75) is 64.6 Å². The lowest BCUT2D eigenvalue weighted by Crippen LogP contribution is -2.07. The first-order valence-corrected chi connectivity index (χ1v) is 7.80. The summed E-state index contributed by atoms with van der Waals surface area (Å²) in [6, 6.07) is 7.85. The van der Waals surface area contributed by atoms with Crippen molar-refractivity contribution < 1.29 is 9.84 Å². The van der Waals surface area contributed by atoms with E-state index in [2.05, 4.69) is 6.08 Å². The highest BCUT2D eigenvalue weighted by Gasteiger charge is 2.15. The van der Waals surface area contributed by atoms with Gasteiger partial charge in [-0.3, -0.25) is 0 Å². The third kappa shape index (κ3) is 4.38. The predicted octanol–water partition coefficient (Wildman–Crippen LogP) is 4.79. The molecule has 1 aromatic rings. The molecule has 2 nitrogen and oxygen atoms in total. The average molecular weight is 274 g/mol. The summed E-state index contributed by atoms with van der Waals surface area (Å²) in [5.41, 5.74) is 2.11. The molecule has 0 amide bonds. The van der Waals surface area contributed by atoms with Gasteiger partial charge in [0.25, 0.3) is 0 Å². The fraction of sp³-hybridized carbons (Fsp3) is 0.556. The summed E-state index contributed by atoms with van der Waals surface area (Å²) in [5, 5.41) is 10.6. The molecular weight excluding hydrogens is 248 g/mol. The summed E-state index contributed by atoms with van der Waals surface area (Å²) in [6.45, 7) is 4.03. The van der Waals surface area contributed by atoms with Crippen LogP contribution in [0.2, 0.25) is 0 Å². The number of benzene rings is 1. The van der Waals surface area contributed by atoms with Gasteiger partial charge < -0.3 is 9.84 Å². The second-order valence-electron chi connectivity index (χ2n) is 5.87. The van der Waals surface area contributed by atoms with Crippen LogP contribution in [0.4, 0.5) is 0 Å². The lowest BCUT2D eigenvalue weighted by atomic mass is 9.93. The second-order valence-corrected chi connectivity index (χ2v) is 5.87. The summed E-state index contributed by atoms with van der Waals surface area (Å²) in [5.74, 6) is 0.836. The van der Waals surface area contributed by atoms with E-state index in [0.29, 0.717) is 0 Å². The Kier molecular flexibility index (Phi) is 5.66. The molecule has 1 atom stereocenters. The second kappa shape index (κ2) is 7.49. The smallest absolute Gasteiger partial charge is 0.120 e. The molecule has 0 spiro atoms. The van der Waals surface area contributed by atoms with E-state index in [-0.39, 0.29) is 6.10 Å². The minimum atomic E-state index is -0.483. The Hall–Kier alpha value is -1.28. The summed E-state index contributed by atoms with van der Waals surface area (Å²) in [6.07, 6.45) is 9.03. The molecule has 0 heterocycles. The summed E-state index contributed by atoms with van der Waals surface area (Å²) in [4.78, 5) is 0. The molecule has 2 rings (SSSR count). The molecule has 1 unspecified atom stereocenters. The molecule has 1 N–H and O–H groups in total. The lowest BCUT2D eigenvalue weighted by molar-refractivity contribution is 0.206. The molecule has 0 aliphatic heterocycles. The molecule has 2 heteroatoms. The Morgan fingerprint density at radius 3 is 2.70 bits per heavy atom. The Morgan fingerprint density at radius 2 is 1.90 bits per heavy atom. The van der Waals surface area contributed by atoms with Gasteiger partial charge in [0.1, 0.15) is 11.9 Å².